The molecule has 2 heterocycles. The summed E-state index contributed by atoms with van der Waals surface area (Å²) in [5, 5.41) is 10.8. The highest BCUT2D eigenvalue weighted by Gasteiger charge is 2.20. The Kier molecular flexibility index (Phi) is 5.16. The molecule has 0 fully saturated rings. The molecule has 0 spiro atoms. The summed E-state index contributed by atoms with van der Waals surface area (Å²) < 4.78 is 6.94. The first-order valence-electron chi connectivity index (χ1n) is 7.89. The standard InChI is InChI=1S/C17H22BrN3O/c1-12-13(11-20-21-12)5-3-9-19-16-8-4-10-22-17-14(16)6-2-7-15(17)18/h2,6-7,11,16,19H,3-5,8-10H2,1H3,(H,20,21). The molecule has 2 N–H and O–H groups in total. The van der Waals surface area contributed by atoms with Crippen molar-refractivity contribution in [2.24, 2.45) is 0 Å². The van der Waals surface area contributed by atoms with Gasteiger partial charge in [0.2, 0.25) is 0 Å². The molecule has 22 heavy (non-hydrogen) atoms. The van der Waals surface area contributed by atoms with E-state index in [0.717, 1.165) is 49.1 Å². The summed E-state index contributed by atoms with van der Waals surface area (Å²) in [5.41, 5.74) is 3.76. The molecule has 1 aromatic heterocycles. The van der Waals surface area contributed by atoms with E-state index >= 15 is 0 Å². The molecule has 0 amide bonds. The maximum Gasteiger partial charge on any atom is 0.138 e. The fourth-order valence-electron chi connectivity index (χ4n) is 2.96. The van der Waals surface area contributed by atoms with Crippen LogP contribution < -0.4 is 10.1 Å². The molecule has 0 radical (unpaired) electrons. The molecule has 2 aromatic rings. The lowest BCUT2D eigenvalue weighted by Gasteiger charge is -2.19. The molecule has 3 rings (SSSR count). The average Bonchev–Trinajstić information content (AvgIpc) is 2.80. The zero-order valence-corrected chi connectivity index (χ0v) is 14.4. The summed E-state index contributed by atoms with van der Waals surface area (Å²) in [7, 11) is 0. The van der Waals surface area contributed by atoms with Gasteiger partial charge in [-0.2, -0.15) is 5.10 Å². The fraction of sp³-hybridized carbons (Fsp3) is 0.471. The number of rotatable bonds is 5. The van der Waals surface area contributed by atoms with Crippen LogP contribution in [0.2, 0.25) is 0 Å². The van der Waals surface area contributed by atoms with Gasteiger partial charge < -0.3 is 10.1 Å². The van der Waals surface area contributed by atoms with Gasteiger partial charge in [0, 0.05) is 17.3 Å². The number of aryl methyl sites for hydroxylation is 2. The van der Waals surface area contributed by atoms with Crippen LogP contribution in [-0.4, -0.2) is 23.3 Å². The third-order valence-corrected chi connectivity index (χ3v) is 4.83. The van der Waals surface area contributed by atoms with Crippen molar-refractivity contribution < 1.29 is 4.74 Å². The summed E-state index contributed by atoms with van der Waals surface area (Å²) in [5.74, 6) is 1.00. The van der Waals surface area contributed by atoms with Gasteiger partial charge in [-0.25, -0.2) is 0 Å². The van der Waals surface area contributed by atoms with Crippen molar-refractivity contribution in [1.82, 2.24) is 15.5 Å². The minimum Gasteiger partial charge on any atom is -0.492 e. The number of hydrogen-bond acceptors (Lipinski definition) is 3. The normalized spacial score (nSPS) is 17.6. The van der Waals surface area contributed by atoms with Crippen molar-refractivity contribution >= 4 is 15.9 Å². The Hall–Kier alpha value is -1.33. The zero-order valence-electron chi connectivity index (χ0n) is 12.9. The summed E-state index contributed by atoms with van der Waals surface area (Å²) in [6.45, 7) is 3.87. The van der Waals surface area contributed by atoms with Gasteiger partial charge in [0.25, 0.3) is 0 Å². The molecular weight excluding hydrogens is 342 g/mol. The van der Waals surface area contributed by atoms with Gasteiger partial charge in [-0.15, -0.1) is 0 Å². The van der Waals surface area contributed by atoms with E-state index in [2.05, 4.69) is 50.5 Å². The van der Waals surface area contributed by atoms with Crippen molar-refractivity contribution in [1.29, 1.82) is 0 Å². The lowest BCUT2D eigenvalue weighted by Crippen LogP contribution is -2.22. The molecule has 0 saturated carbocycles. The molecule has 5 heteroatoms. The molecule has 1 atom stereocenters. The summed E-state index contributed by atoms with van der Waals surface area (Å²) in [6, 6.07) is 6.67. The van der Waals surface area contributed by atoms with Crippen LogP contribution in [0, 0.1) is 6.92 Å². The summed E-state index contributed by atoms with van der Waals surface area (Å²) in [4.78, 5) is 0. The second-order valence-corrected chi connectivity index (χ2v) is 6.63. The van der Waals surface area contributed by atoms with E-state index in [0.29, 0.717) is 6.04 Å². The van der Waals surface area contributed by atoms with Gasteiger partial charge in [-0.1, -0.05) is 12.1 Å². The molecule has 0 aliphatic carbocycles. The second kappa shape index (κ2) is 7.29. The van der Waals surface area contributed by atoms with E-state index in [1.807, 2.05) is 12.3 Å². The van der Waals surface area contributed by atoms with Crippen molar-refractivity contribution in [2.75, 3.05) is 13.2 Å². The first kappa shape index (κ1) is 15.6. The number of para-hydroxylation sites is 1. The Balaban J connectivity index is 1.59. The number of aromatic nitrogens is 2. The van der Waals surface area contributed by atoms with Crippen LogP contribution in [0.15, 0.2) is 28.9 Å². The average molecular weight is 364 g/mol. The van der Waals surface area contributed by atoms with E-state index in [-0.39, 0.29) is 0 Å². The fourth-order valence-corrected chi connectivity index (χ4v) is 3.46. The number of H-pyrrole nitrogens is 1. The Bertz CT molecular complexity index is 626. The number of nitrogens with one attached hydrogen (secondary N) is 2. The van der Waals surface area contributed by atoms with Gasteiger partial charge in [0.1, 0.15) is 5.75 Å². The summed E-state index contributed by atoms with van der Waals surface area (Å²) >= 11 is 3.60. The lowest BCUT2D eigenvalue weighted by molar-refractivity contribution is 0.313. The SMILES string of the molecule is Cc1[nH]ncc1CCCNC1CCCOc2c(Br)cccc21. The quantitative estimate of drug-likeness (QED) is 0.791. The van der Waals surface area contributed by atoms with E-state index in [1.54, 1.807) is 0 Å². The highest BCUT2D eigenvalue weighted by atomic mass is 79.9. The second-order valence-electron chi connectivity index (χ2n) is 5.78. The van der Waals surface area contributed by atoms with Crippen LogP contribution in [0.3, 0.4) is 0 Å². The Morgan fingerprint density at radius 2 is 2.36 bits per heavy atom. The van der Waals surface area contributed by atoms with E-state index < -0.39 is 0 Å². The third-order valence-electron chi connectivity index (χ3n) is 4.20. The van der Waals surface area contributed by atoms with Crippen molar-refractivity contribution in [3.8, 4) is 5.75 Å². The molecule has 118 valence electrons. The number of halogens is 1. The molecule has 1 aliphatic rings. The minimum atomic E-state index is 0.375. The number of aromatic amines is 1. The first-order chi connectivity index (χ1) is 10.8. The minimum absolute atomic E-state index is 0.375. The zero-order chi connectivity index (χ0) is 15.4. The maximum absolute atomic E-state index is 5.89. The number of benzene rings is 1. The van der Waals surface area contributed by atoms with Crippen LogP contribution >= 0.6 is 15.9 Å². The van der Waals surface area contributed by atoms with Crippen molar-refractivity contribution in [3.05, 3.63) is 45.7 Å². The number of nitrogens with zero attached hydrogens (tertiary/aromatic N) is 1. The predicted molar refractivity (Wildman–Crippen MR) is 91.3 cm³/mol. The molecule has 1 aromatic carbocycles. The van der Waals surface area contributed by atoms with Crippen molar-refractivity contribution in [3.63, 3.8) is 0 Å². The molecule has 1 unspecified atom stereocenters. The smallest absolute Gasteiger partial charge is 0.138 e. The topological polar surface area (TPSA) is 49.9 Å². The first-order valence-corrected chi connectivity index (χ1v) is 8.68. The number of hydrogen-bond donors (Lipinski definition) is 2. The van der Waals surface area contributed by atoms with Gasteiger partial charge >= 0.3 is 0 Å². The molecule has 4 nitrogen and oxygen atoms in total. The van der Waals surface area contributed by atoms with Gasteiger partial charge in [-0.05, 0) is 66.7 Å². The summed E-state index contributed by atoms with van der Waals surface area (Å²) in [6.07, 6.45) is 6.31. The van der Waals surface area contributed by atoms with Crippen LogP contribution in [0.5, 0.6) is 5.75 Å². The molecular formula is C17H22BrN3O. The highest BCUT2D eigenvalue weighted by Crippen LogP contribution is 2.36. The molecule has 1 aliphatic heterocycles. The Labute approximate surface area is 139 Å². The monoisotopic (exact) mass is 363 g/mol. The number of fused-ring (bicyclic) bond motifs is 1. The third kappa shape index (κ3) is 3.52. The van der Waals surface area contributed by atoms with Crippen LogP contribution in [0.1, 0.15) is 42.1 Å². The Morgan fingerprint density at radius 1 is 1.45 bits per heavy atom. The van der Waals surface area contributed by atoms with E-state index in [1.165, 1.54) is 16.8 Å². The van der Waals surface area contributed by atoms with Gasteiger partial charge in [0.15, 0.2) is 0 Å². The van der Waals surface area contributed by atoms with Crippen LogP contribution in [-0.2, 0) is 6.42 Å². The Morgan fingerprint density at radius 3 is 3.18 bits per heavy atom. The molecule has 0 saturated heterocycles. The van der Waals surface area contributed by atoms with Crippen LogP contribution in [0.4, 0.5) is 0 Å². The van der Waals surface area contributed by atoms with E-state index in [4.69, 9.17) is 4.74 Å². The highest BCUT2D eigenvalue weighted by molar-refractivity contribution is 9.10. The molecule has 0 bridgehead atoms. The van der Waals surface area contributed by atoms with E-state index in [9.17, 15) is 0 Å². The maximum atomic E-state index is 5.89. The van der Waals surface area contributed by atoms with Gasteiger partial charge in [-0.3, -0.25) is 5.10 Å². The van der Waals surface area contributed by atoms with Crippen molar-refractivity contribution in [2.45, 2.75) is 38.6 Å². The van der Waals surface area contributed by atoms with Crippen LogP contribution in [0.25, 0.3) is 0 Å². The van der Waals surface area contributed by atoms with Gasteiger partial charge in [0.05, 0.1) is 17.3 Å². The predicted octanol–water partition coefficient (Wildman–Crippen LogP) is 3.92. The number of ether oxygens (including phenoxy) is 1. The lowest BCUT2D eigenvalue weighted by atomic mass is 10.0. The largest absolute Gasteiger partial charge is 0.492 e.